The Hall–Kier alpha value is -0.505. The Morgan fingerprint density at radius 3 is 2.25 bits per heavy atom. The Labute approximate surface area is 48.3 Å². The van der Waals surface area contributed by atoms with Crippen molar-refractivity contribution in [1.29, 1.82) is 0 Å². The fourth-order valence-corrected chi connectivity index (χ4v) is 0.465. The molecule has 0 aromatic rings. The van der Waals surface area contributed by atoms with Crippen molar-refractivity contribution in [2.45, 2.75) is 18.7 Å². The highest BCUT2D eigenvalue weighted by molar-refractivity contribution is 6.73. The van der Waals surface area contributed by atoms with Crippen LogP contribution in [0.25, 0.3) is 0 Å². The van der Waals surface area contributed by atoms with Crippen molar-refractivity contribution in [1.82, 2.24) is 0 Å². The predicted molar refractivity (Wildman–Crippen MR) is 30.4 cm³/mol. The lowest BCUT2D eigenvalue weighted by Crippen LogP contribution is -2.03. The van der Waals surface area contributed by atoms with E-state index in [0.717, 1.165) is 12.8 Å². The Morgan fingerprint density at radius 2 is 2.12 bits per heavy atom. The smallest absolute Gasteiger partial charge is 0.264 e. The molecule has 0 unspecified atom stereocenters. The van der Waals surface area contributed by atoms with Gasteiger partial charge in [-0.15, -0.1) is 0 Å². The summed E-state index contributed by atoms with van der Waals surface area (Å²) in [7, 11) is 1.36. The average molecular weight is 115 g/mol. The lowest BCUT2D eigenvalue weighted by Gasteiger charge is -1.79. The van der Waals surface area contributed by atoms with Crippen molar-refractivity contribution >= 4 is 13.1 Å². The Kier molecular flexibility index (Phi) is 2.55. The van der Waals surface area contributed by atoms with Gasteiger partial charge >= 0.3 is 0 Å². The molecular weight excluding hydrogens is 107 g/mol. The largest absolute Gasteiger partial charge is 0.490 e. The number of rotatable bonds is 2. The molecule has 0 spiro atoms. The van der Waals surface area contributed by atoms with Gasteiger partial charge < -0.3 is 10.6 Å². The number of hydrogen-bond donors (Lipinski definition) is 1. The number of carboxylic acid groups (broad SMARTS) is 1. The van der Waals surface area contributed by atoms with Crippen LogP contribution in [-0.4, -0.2) is 23.7 Å². The Bertz CT molecular complexity index is 89.3. The molecular formula is C4H8BO3. The Balaban J connectivity index is 0.000000490. The van der Waals surface area contributed by atoms with Crippen LogP contribution < -0.4 is 0 Å². The van der Waals surface area contributed by atoms with Crippen molar-refractivity contribution in [2.75, 3.05) is 0 Å². The summed E-state index contributed by atoms with van der Waals surface area (Å²) in [6.45, 7) is 0. The minimum Gasteiger partial charge on any atom is -0.490 e. The van der Waals surface area contributed by atoms with E-state index in [2.05, 4.69) is 0 Å². The molecule has 0 aromatic heterocycles. The summed E-state index contributed by atoms with van der Waals surface area (Å²) in [5.41, 5.74) is 0. The van der Waals surface area contributed by atoms with Crippen LogP contribution >= 0.6 is 0 Å². The maximum absolute atomic E-state index is 9.79. The summed E-state index contributed by atoms with van der Waals surface area (Å²) in [6, 6.07) is 0. The molecule has 45 valence electrons. The zero-order chi connectivity index (χ0) is 5.28. The topological polar surface area (TPSA) is 68.8 Å². The highest BCUT2D eigenvalue weighted by atomic mass is 16.4. The molecule has 1 aliphatic rings. The number of hydrogen-bond acceptors (Lipinski definition) is 1. The molecule has 0 bridgehead atoms. The van der Waals surface area contributed by atoms with Crippen molar-refractivity contribution in [3.8, 4) is 0 Å². The molecule has 0 heterocycles. The van der Waals surface area contributed by atoms with Crippen LogP contribution in [0, 0.1) is 0 Å². The van der Waals surface area contributed by atoms with E-state index in [0.29, 0.717) is 5.82 Å². The molecule has 4 heteroatoms. The van der Waals surface area contributed by atoms with E-state index < -0.39 is 5.87 Å². The molecule has 1 radical (unpaired) electrons. The third kappa shape index (κ3) is 2.63. The van der Waals surface area contributed by atoms with E-state index in [9.17, 15) is 4.79 Å². The predicted octanol–water partition coefficient (Wildman–Crippen LogP) is 0.126. The van der Waals surface area contributed by atoms with Crippen molar-refractivity contribution in [2.24, 2.45) is 0 Å². The van der Waals surface area contributed by atoms with Gasteiger partial charge in [-0.25, -0.2) is 0 Å². The lowest BCUT2D eigenvalue weighted by atomic mass is 9.73. The summed E-state index contributed by atoms with van der Waals surface area (Å²) in [6.07, 6.45) is 2.15. The summed E-state index contributed by atoms with van der Waals surface area (Å²) in [5.74, 6) is -0.375. The molecule has 1 aliphatic carbocycles. The number of carbonyl (C=O) groups is 1. The second kappa shape index (κ2) is 2.72. The molecule has 1 fully saturated rings. The molecule has 0 atom stereocenters. The van der Waals surface area contributed by atoms with E-state index >= 15 is 0 Å². The first-order valence-corrected chi connectivity index (χ1v) is 2.37. The molecule has 0 aromatic carbocycles. The van der Waals surface area contributed by atoms with Gasteiger partial charge in [-0.3, -0.25) is 4.79 Å². The molecule has 0 amide bonds. The van der Waals surface area contributed by atoms with Crippen LogP contribution in [0.2, 0.25) is 5.82 Å². The second-order valence-corrected chi connectivity index (χ2v) is 1.84. The highest BCUT2D eigenvalue weighted by Gasteiger charge is 2.25. The van der Waals surface area contributed by atoms with Gasteiger partial charge in [0.2, 0.25) is 5.87 Å². The van der Waals surface area contributed by atoms with Crippen molar-refractivity contribution in [3.63, 3.8) is 0 Å². The van der Waals surface area contributed by atoms with Gasteiger partial charge in [0.1, 0.15) is 0 Å². The van der Waals surface area contributed by atoms with E-state index in [4.69, 9.17) is 5.11 Å². The van der Waals surface area contributed by atoms with Gasteiger partial charge in [-0.05, 0) is 0 Å². The van der Waals surface area contributed by atoms with Crippen LogP contribution in [-0.2, 0) is 0 Å². The monoisotopic (exact) mass is 115 g/mol. The molecule has 1 saturated carbocycles. The van der Waals surface area contributed by atoms with Crippen LogP contribution in [0.3, 0.4) is 0 Å². The third-order valence-corrected chi connectivity index (χ3v) is 1.00. The fraction of sp³-hybridized carbons (Fsp3) is 0.750. The maximum atomic E-state index is 9.79. The normalized spacial score (nSPS) is 16.5. The third-order valence-electron chi connectivity index (χ3n) is 1.00. The van der Waals surface area contributed by atoms with Gasteiger partial charge in [-0.1, -0.05) is 18.7 Å². The van der Waals surface area contributed by atoms with E-state index in [1.807, 2.05) is 0 Å². The standard InChI is InChI=1S/C4H6BO2.H2O/c6-4(7)5-3-1-2-3;/h3H,1-2H2,(H,6,7);1H2. The average Bonchev–Trinajstić information content (AvgIpc) is 2.17. The summed E-state index contributed by atoms with van der Waals surface area (Å²) in [4.78, 5) is 9.79. The molecule has 8 heavy (non-hydrogen) atoms. The SMILES string of the molecule is O.O=C(O)[B]C1CC1. The van der Waals surface area contributed by atoms with Gasteiger partial charge in [0, 0.05) is 0 Å². The van der Waals surface area contributed by atoms with E-state index in [-0.39, 0.29) is 5.48 Å². The lowest BCUT2D eigenvalue weighted by molar-refractivity contribution is 0.219. The van der Waals surface area contributed by atoms with Crippen LogP contribution in [0.15, 0.2) is 0 Å². The minimum atomic E-state index is -0.775. The first-order valence-electron chi connectivity index (χ1n) is 2.37. The first kappa shape index (κ1) is 7.49. The van der Waals surface area contributed by atoms with E-state index in [1.54, 1.807) is 0 Å². The quantitative estimate of drug-likeness (QED) is 0.519. The Morgan fingerprint density at radius 1 is 1.62 bits per heavy atom. The zero-order valence-electron chi connectivity index (χ0n) is 4.42. The first-order chi connectivity index (χ1) is 3.29. The highest BCUT2D eigenvalue weighted by Crippen LogP contribution is 2.34. The second-order valence-electron chi connectivity index (χ2n) is 1.84. The molecule has 3 nitrogen and oxygen atoms in total. The molecule has 0 aliphatic heterocycles. The van der Waals surface area contributed by atoms with Crippen LogP contribution in [0.1, 0.15) is 12.8 Å². The van der Waals surface area contributed by atoms with E-state index in [1.165, 1.54) is 7.28 Å². The molecule has 3 N–H and O–H groups in total. The van der Waals surface area contributed by atoms with Crippen LogP contribution in [0.4, 0.5) is 4.79 Å². The molecule has 1 rings (SSSR count). The maximum Gasteiger partial charge on any atom is 0.264 e. The summed E-state index contributed by atoms with van der Waals surface area (Å²) >= 11 is 0. The zero-order valence-corrected chi connectivity index (χ0v) is 4.42. The van der Waals surface area contributed by atoms with Crippen molar-refractivity contribution in [3.05, 3.63) is 0 Å². The van der Waals surface area contributed by atoms with Crippen molar-refractivity contribution < 1.29 is 15.4 Å². The van der Waals surface area contributed by atoms with Crippen LogP contribution in [0.5, 0.6) is 0 Å². The van der Waals surface area contributed by atoms with Gasteiger partial charge in [-0.2, -0.15) is 0 Å². The summed E-state index contributed by atoms with van der Waals surface area (Å²) < 4.78 is 0. The summed E-state index contributed by atoms with van der Waals surface area (Å²) in [5, 5.41) is 8.07. The van der Waals surface area contributed by atoms with Gasteiger partial charge in [0.15, 0.2) is 0 Å². The molecule has 0 saturated heterocycles. The minimum absolute atomic E-state index is 0. The van der Waals surface area contributed by atoms with Gasteiger partial charge in [0.25, 0.3) is 7.28 Å². The fourth-order valence-electron chi connectivity index (χ4n) is 0.465. The van der Waals surface area contributed by atoms with Gasteiger partial charge in [0.05, 0.1) is 0 Å².